The highest BCUT2D eigenvalue weighted by Crippen LogP contribution is 2.42. The van der Waals surface area contributed by atoms with Crippen LogP contribution in [0.3, 0.4) is 0 Å². The van der Waals surface area contributed by atoms with Gasteiger partial charge >= 0.3 is 0 Å². The minimum atomic E-state index is -0.102. The summed E-state index contributed by atoms with van der Waals surface area (Å²) in [4.78, 5) is 34.6. The predicted molar refractivity (Wildman–Crippen MR) is 158 cm³/mol. The second-order valence-electron chi connectivity index (χ2n) is 10.5. The Labute approximate surface area is 238 Å². The molecule has 196 valence electrons. The van der Waals surface area contributed by atoms with Gasteiger partial charge in [0.05, 0.1) is 0 Å². The van der Waals surface area contributed by atoms with Crippen LogP contribution >= 0.6 is 23.5 Å². The highest BCUT2D eigenvalue weighted by Gasteiger charge is 2.34. The molecule has 0 spiro atoms. The maximum Gasteiger partial charge on any atom is 0.195 e. The average Bonchev–Trinajstić information content (AvgIpc) is 2.97. The molecule has 39 heavy (non-hydrogen) atoms. The number of hydrogen-bond donors (Lipinski definition) is 0. The standard InChI is InChI=1S/C34H31NO2S2/c1-2-7-22-13-15-23(16-14-22)24-17-19-25(20-18-24)38-28-10-5-8-26-31(28)33(36)27-9-6-11-29(32(27)34(26)37)39-30-12-3-4-21-35-30/h3-6,8-12,17-23H,2,7,13-16H2,1H3. The molecule has 0 N–H and O–H groups in total. The second kappa shape index (κ2) is 11.5. The van der Waals surface area contributed by atoms with E-state index < -0.39 is 0 Å². The first-order valence-corrected chi connectivity index (χ1v) is 15.5. The molecule has 0 aliphatic heterocycles. The molecule has 0 bridgehead atoms. The molecule has 6 rings (SSSR count). The molecular weight excluding hydrogens is 519 g/mol. The minimum absolute atomic E-state index is 0.0911. The number of nitrogens with zero attached hydrogens (tertiary/aromatic N) is 1. The SMILES string of the molecule is CCCC1CCC(c2ccc(Sc3cccc4c3C(=O)c3cccc(Sc5ccccn5)c3C4=O)cc2)CC1. The minimum Gasteiger partial charge on any atom is -0.289 e. The summed E-state index contributed by atoms with van der Waals surface area (Å²) >= 11 is 2.98. The van der Waals surface area contributed by atoms with Gasteiger partial charge in [-0.15, -0.1) is 0 Å². The first kappa shape index (κ1) is 26.1. The van der Waals surface area contributed by atoms with E-state index in [4.69, 9.17) is 0 Å². The van der Waals surface area contributed by atoms with E-state index in [-0.39, 0.29) is 11.6 Å². The molecule has 0 radical (unpaired) electrons. The smallest absolute Gasteiger partial charge is 0.195 e. The van der Waals surface area contributed by atoms with Crippen LogP contribution in [0, 0.1) is 5.92 Å². The second-order valence-corrected chi connectivity index (χ2v) is 12.6. The Morgan fingerprint density at radius 1 is 0.718 bits per heavy atom. The molecule has 3 aromatic carbocycles. The normalized spacial score (nSPS) is 18.5. The number of rotatable bonds is 7. The van der Waals surface area contributed by atoms with Crippen LogP contribution in [-0.4, -0.2) is 16.6 Å². The Morgan fingerprint density at radius 3 is 1.95 bits per heavy atom. The molecule has 4 aromatic rings. The maximum absolute atomic E-state index is 13.8. The summed E-state index contributed by atoms with van der Waals surface area (Å²) in [5.41, 5.74) is 3.36. The Hall–Kier alpha value is -3.15. The number of aromatic nitrogens is 1. The molecule has 1 saturated carbocycles. The van der Waals surface area contributed by atoms with Crippen molar-refractivity contribution in [1.82, 2.24) is 4.98 Å². The van der Waals surface area contributed by atoms with Gasteiger partial charge in [-0.3, -0.25) is 9.59 Å². The summed E-state index contributed by atoms with van der Waals surface area (Å²) in [7, 11) is 0. The molecule has 0 unspecified atom stereocenters. The first-order valence-electron chi connectivity index (χ1n) is 13.8. The molecule has 0 saturated heterocycles. The average molecular weight is 550 g/mol. The monoisotopic (exact) mass is 549 g/mol. The summed E-state index contributed by atoms with van der Waals surface area (Å²) in [6, 6.07) is 25.7. The maximum atomic E-state index is 13.8. The van der Waals surface area contributed by atoms with Crippen LogP contribution in [0.1, 0.15) is 88.8 Å². The van der Waals surface area contributed by atoms with Crippen molar-refractivity contribution in [1.29, 1.82) is 0 Å². The van der Waals surface area contributed by atoms with Crippen LogP contribution < -0.4 is 0 Å². The molecule has 1 heterocycles. The lowest BCUT2D eigenvalue weighted by Crippen LogP contribution is -2.22. The number of hydrogen-bond acceptors (Lipinski definition) is 5. The highest BCUT2D eigenvalue weighted by atomic mass is 32.2. The number of ketones is 2. The Balaban J connectivity index is 1.24. The van der Waals surface area contributed by atoms with Crippen molar-refractivity contribution in [3.63, 3.8) is 0 Å². The highest BCUT2D eigenvalue weighted by molar-refractivity contribution is 7.99. The van der Waals surface area contributed by atoms with Crippen molar-refractivity contribution >= 4 is 35.1 Å². The van der Waals surface area contributed by atoms with Gasteiger partial charge in [0.1, 0.15) is 5.03 Å². The van der Waals surface area contributed by atoms with Gasteiger partial charge < -0.3 is 0 Å². The van der Waals surface area contributed by atoms with E-state index in [0.717, 1.165) is 25.6 Å². The zero-order valence-electron chi connectivity index (χ0n) is 22.1. The number of fused-ring (bicyclic) bond motifs is 2. The molecule has 0 amide bonds. The van der Waals surface area contributed by atoms with E-state index in [0.29, 0.717) is 28.2 Å². The van der Waals surface area contributed by atoms with Crippen LogP contribution in [0.15, 0.2) is 105 Å². The van der Waals surface area contributed by atoms with Crippen molar-refractivity contribution in [2.75, 3.05) is 0 Å². The van der Waals surface area contributed by atoms with E-state index in [9.17, 15) is 9.59 Å². The van der Waals surface area contributed by atoms with Crippen LogP contribution in [-0.2, 0) is 0 Å². The Morgan fingerprint density at radius 2 is 1.36 bits per heavy atom. The van der Waals surface area contributed by atoms with Gasteiger partial charge in [0.15, 0.2) is 11.6 Å². The fraction of sp³-hybridized carbons (Fsp3) is 0.265. The summed E-state index contributed by atoms with van der Waals surface area (Å²) < 4.78 is 0. The Bertz CT molecular complexity index is 1510. The lowest BCUT2D eigenvalue weighted by Gasteiger charge is -2.28. The van der Waals surface area contributed by atoms with Gasteiger partial charge in [0.25, 0.3) is 0 Å². The third-order valence-corrected chi connectivity index (χ3v) is 10.0. The molecule has 2 aliphatic rings. The van der Waals surface area contributed by atoms with Crippen molar-refractivity contribution in [3.05, 3.63) is 113 Å². The molecule has 0 atom stereocenters. The molecule has 3 nitrogen and oxygen atoms in total. The molecular formula is C34H31NO2S2. The fourth-order valence-corrected chi connectivity index (χ4v) is 7.91. The molecule has 2 aliphatic carbocycles. The van der Waals surface area contributed by atoms with Crippen molar-refractivity contribution in [3.8, 4) is 0 Å². The van der Waals surface area contributed by atoms with E-state index in [1.165, 1.54) is 55.9 Å². The lowest BCUT2D eigenvalue weighted by molar-refractivity contribution is 0.0974. The first-order chi connectivity index (χ1) is 19.1. The lowest BCUT2D eigenvalue weighted by atomic mass is 9.77. The number of carbonyl (C=O) groups excluding carboxylic acids is 2. The quantitative estimate of drug-likeness (QED) is 0.202. The Kier molecular flexibility index (Phi) is 7.71. The van der Waals surface area contributed by atoms with Crippen molar-refractivity contribution < 1.29 is 9.59 Å². The van der Waals surface area contributed by atoms with E-state index in [1.54, 1.807) is 30.1 Å². The van der Waals surface area contributed by atoms with Crippen LogP contribution in [0.25, 0.3) is 0 Å². The van der Waals surface area contributed by atoms with Gasteiger partial charge in [0, 0.05) is 43.1 Å². The predicted octanol–water partition coefficient (Wildman–Crippen LogP) is 9.23. The number of benzene rings is 3. The van der Waals surface area contributed by atoms with Crippen molar-refractivity contribution in [2.24, 2.45) is 5.92 Å². The summed E-state index contributed by atoms with van der Waals surface area (Å²) in [5, 5.41) is 0.790. The number of carbonyl (C=O) groups is 2. The molecule has 1 fully saturated rings. The van der Waals surface area contributed by atoms with Gasteiger partial charge in [-0.05, 0) is 79.5 Å². The van der Waals surface area contributed by atoms with Crippen LogP contribution in [0.2, 0.25) is 0 Å². The van der Waals surface area contributed by atoms with Gasteiger partial charge in [0.2, 0.25) is 0 Å². The van der Waals surface area contributed by atoms with Gasteiger partial charge in [-0.1, -0.05) is 85.8 Å². The fourth-order valence-electron chi connectivity index (χ4n) is 6.00. The summed E-state index contributed by atoms with van der Waals surface area (Å²) in [6.07, 6.45) is 9.61. The molecule has 5 heteroatoms. The zero-order chi connectivity index (χ0) is 26.8. The third-order valence-electron chi connectivity index (χ3n) is 7.97. The molecule has 1 aromatic heterocycles. The zero-order valence-corrected chi connectivity index (χ0v) is 23.7. The van der Waals surface area contributed by atoms with Crippen LogP contribution in [0.5, 0.6) is 0 Å². The van der Waals surface area contributed by atoms with Gasteiger partial charge in [-0.2, -0.15) is 0 Å². The third kappa shape index (κ3) is 5.35. The van der Waals surface area contributed by atoms with E-state index in [1.807, 2.05) is 42.5 Å². The van der Waals surface area contributed by atoms with E-state index in [2.05, 4.69) is 36.2 Å². The topological polar surface area (TPSA) is 47.0 Å². The largest absolute Gasteiger partial charge is 0.289 e. The summed E-state index contributed by atoms with van der Waals surface area (Å²) in [6.45, 7) is 2.29. The summed E-state index contributed by atoms with van der Waals surface area (Å²) in [5.74, 6) is 1.36. The van der Waals surface area contributed by atoms with Gasteiger partial charge in [-0.25, -0.2) is 4.98 Å². The van der Waals surface area contributed by atoms with Crippen molar-refractivity contribution in [2.45, 2.75) is 71.1 Å². The van der Waals surface area contributed by atoms with E-state index >= 15 is 0 Å². The number of pyridine rings is 1. The van der Waals surface area contributed by atoms with Crippen LogP contribution in [0.4, 0.5) is 0 Å².